The fourth-order valence-corrected chi connectivity index (χ4v) is 3.07. The number of ketones is 1. The highest BCUT2D eigenvalue weighted by Crippen LogP contribution is 2.23. The van der Waals surface area contributed by atoms with Crippen LogP contribution in [0.5, 0.6) is 0 Å². The Morgan fingerprint density at radius 3 is 2.46 bits per heavy atom. The van der Waals surface area contributed by atoms with Crippen LogP contribution in [0.1, 0.15) is 22.3 Å². The summed E-state index contributed by atoms with van der Waals surface area (Å²) >= 11 is 0. The van der Waals surface area contributed by atoms with Crippen LogP contribution >= 0.6 is 0 Å². The summed E-state index contributed by atoms with van der Waals surface area (Å²) in [6.07, 6.45) is 2.17. The summed E-state index contributed by atoms with van der Waals surface area (Å²) in [7, 11) is 0. The largest absolute Gasteiger partial charge is 0.340 e. The number of fused-ring (bicyclic) bond motifs is 1. The number of nitrogens with zero attached hydrogens (tertiary/aromatic N) is 2. The van der Waals surface area contributed by atoms with Crippen LogP contribution in [0.15, 0.2) is 79.1 Å². The molecule has 0 aliphatic heterocycles. The lowest BCUT2D eigenvalue weighted by Crippen LogP contribution is -2.03. The van der Waals surface area contributed by atoms with Crippen LogP contribution in [0.4, 0.5) is 15.9 Å². The minimum Gasteiger partial charge on any atom is -0.340 e. The predicted octanol–water partition coefficient (Wildman–Crippen LogP) is 5.33. The lowest BCUT2D eigenvalue weighted by atomic mass is 10.0. The van der Waals surface area contributed by atoms with Crippen molar-refractivity contribution in [3.8, 4) is 0 Å². The van der Waals surface area contributed by atoms with Crippen molar-refractivity contribution in [1.29, 1.82) is 0 Å². The minimum absolute atomic E-state index is 0.0118. The molecule has 3 aromatic carbocycles. The summed E-state index contributed by atoms with van der Waals surface area (Å²) in [6.45, 7) is 0. The number of aromatic nitrogens is 2. The molecule has 0 unspecified atom stereocenters. The smallest absolute Gasteiger partial charge is 0.163 e. The fourth-order valence-electron chi connectivity index (χ4n) is 3.07. The molecule has 138 valence electrons. The van der Waals surface area contributed by atoms with Gasteiger partial charge in [-0.3, -0.25) is 4.79 Å². The Bertz CT molecular complexity index is 1120. The number of carbonyl (C=O) groups is 1. The van der Waals surface area contributed by atoms with Gasteiger partial charge in [0.1, 0.15) is 18.0 Å². The monoisotopic (exact) mass is 371 g/mol. The molecular weight excluding hydrogens is 353 g/mol. The maximum absolute atomic E-state index is 13.7. The zero-order valence-corrected chi connectivity index (χ0v) is 15.1. The molecular formula is C23H18FN3O. The zero-order chi connectivity index (χ0) is 19.3. The van der Waals surface area contributed by atoms with E-state index in [0.717, 1.165) is 16.6 Å². The number of aryl methyl sites for hydroxylation is 1. The molecule has 1 aromatic heterocycles. The topological polar surface area (TPSA) is 54.9 Å². The van der Waals surface area contributed by atoms with Crippen molar-refractivity contribution in [3.05, 3.63) is 96.1 Å². The van der Waals surface area contributed by atoms with Crippen LogP contribution in [0.2, 0.25) is 0 Å². The van der Waals surface area contributed by atoms with Crippen LogP contribution in [0.25, 0.3) is 10.9 Å². The highest BCUT2D eigenvalue weighted by atomic mass is 19.1. The number of benzene rings is 3. The van der Waals surface area contributed by atoms with Gasteiger partial charge in [0, 0.05) is 23.1 Å². The van der Waals surface area contributed by atoms with E-state index in [4.69, 9.17) is 0 Å². The first kappa shape index (κ1) is 17.8. The van der Waals surface area contributed by atoms with Crippen molar-refractivity contribution >= 4 is 28.2 Å². The van der Waals surface area contributed by atoms with E-state index >= 15 is 0 Å². The van der Waals surface area contributed by atoms with E-state index in [1.165, 1.54) is 12.4 Å². The molecule has 5 heteroatoms. The molecule has 0 aliphatic carbocycles. The highest BCUT2D eigenvalue weighted by molar-refractivity contribution is 5.96. The Morgan fingerprint density at radius 2 is 1.64 bits per heavy atom. The van der Waals surface area contributed by atoms with Gasteiger partial charge in [-0.05, 0) is 54.4 Å². The van der Waals surface area contributed by atoms with Crippen molar-refractivity contribution in [2.24, 2.45) is 0 Å². The number of nitrogens with one attached hydrogen (secondary N) is 1. The van der Waals surface area contributed by atoms with Gasteiger partial charge in [0.15, 0.2) is 5.78 Å². The Labute approximate surface area is 162 Å². The molecule has 0 amide bonds. The third kappa shape index (κ3) is 3.88. The number of anilines is 2. The molecule has 0 saturated carbocycles. The first-order chi connectivity index (χ1) is 13.7. The van der Waals surface area contributed by atoms with Gasteiger partial charge in [-0.25, -0.2) is 14.4 Å². The van der Waals surface area contributed by atoms with E-state index in [1.807, 2.05) is 36.4 Å². The first-order valence-electron chi connectivity index (χ1n) is 9.04. The number of halogens is 1. The lowest BCUT2D eigenvalue weighted by molar-refractivity contribution is 0.0982. The number of hydrogen-bond donors (Lipinski definition) is 1. The average molecular weight is 371 g/mol. The summed E-state index contributed by atoms with van der Waals surface area (Å²) in [5.41, 5.74) is 2.86. The maximum Gasteiger partial charge on any atom is 0.163 e. The summed E-state index contributed by atoms with van der Waals surface area (Å²) in [4.78, 5) is 21.0. The maximum atomic E-state index is 13.7. The lowest BCUT2D eigenvalue weighted by Gasteiger charge is -2.09. The van der Waals surface area contributed by atoms with Crippen molar-refractivity contribution in [3.63, 3.8) is 0 Å². The molecule has 0 atom stereocenters. The Hall–Kier alpha value is -3.60. The standard InChI is InChI=1S/C23H18FN3O/c24-20-7-3-1-5-16(20)11-14-22(28)17-9-12-18(13-10-17)27-23-19-6-2-4-8-21(19)25-15-26-23/h1-10,12-13,15H,11,14H2,(H,25,26,27). The molecule has 1 N–H and O–H groups in total. The fraction of sp³-hybridized carbons (Fsp3) is 0.0870. The predicted molar refractivity (Wildman–Crippen MR) is 108 cm³/mol. The van der Waals surface area contributed by atoms with Crippen LogP contribution < -0.4 is 5.32 Å². The van der Waals surface area contributed by atoms with Gasteiger partial charge in [-0.2, -0.15) is 0 Å². The van der Waals surface area contributed by atoms with E-state index in [1.54, 1.807) is 30.3 Å². The summed E-state index contributed by atoms with van der Waals surface area (Å²) in [5, 5.41) is 4.19. The van der Waals surface area contributed by atoms with Crippen molar-refractivity contribution in [2.45, 2.75) is 12.8 Å². The van der Waals surface area contributed by atoms with E-state index < -0.39 is 0 Å². The van der Waals surface area contributed by atoms with Crippen LogP contribution in [0.3, 0.4) is 0 Å². The van der Waals surface area contributed by atoms with Crippen molar-refractivity contribution in [2.75, 3.05) is 5.32 Å². The molecule has 4 rings (SSSR count). The quantitative estimate of drug-likeness (QED) is 0.466. The zero-order valence-electron chi connectivity index (χ0n) is 15.1. The van der Waals surface area contributed by atoms with Gasteiger partial charge < -0.3 is 5.32 Å². The van der Waals surface area contributed by atoms with Gasteiger partial charge in [0.2, 0.25) is 0 Å². The first-order valence-corrected chi connectivity index (χ1v) is 9.04. The number of Topliss-reactive ketones (excluding diaryl/α,β-unsaturated/α-hetero) is 1. The number of hydrogen-bond acceptors (Lipinski definition) is 4. The molecule has 0 radical (unpaired) electrons. The second kappa shape index (κ2) is 7.96. The highest BCUT2D eigenvalue weighted by Gasteiger charge is 2.09. The van der Waals surface area contributed by atoms with Crippen LogP contribution in [-0.2, 0) is 6.42 Å². The summed E-state index contributed by atoms with van der Waals surface area (Å²) < 4.78 is 13.7. The van der Waals surface area contributed by atoms with E-state index in [9.17, 15) is 9.18 Å². The number of rotatable bonds is 6. The van der Waals surface area contributed by atoms with E-state index in [-0.39, 0.29) is 18.0 Å². The van der Waals surface area contributed by atoms with Gasteiger partial charge in [0.25, 0.3) is 0 Å². The van der Waals surface area contributed by atoms with Gasteiger partial charge in [-0.15, -0.1) is 0 Å². The number of para-hydroxylation sites is 1. The second-order valence-corrected chi connectivity index (χ2v) is 6.46. The molecule has 1 heterocycles. The summed E-state index contributed by atoms with van der Waals surface area (Å²) in [5.74, 6) is 0.429. The molecule has 4 nitrogen and oxygen atoms in total. The van der Waals surface area contributed by atoms with Gasteiger partial charge >= 0.3 is 0 Å². The minimum atomic E-state index is -0.271. The molecule has 0 spiro atoms. The number of carbonyl (C=O) groups excluding carboxylic acids is 1. The van der Waals surface area contributed by atoms with Gasteiger partial charge in [0.05, 0.1) is 5.52 Å². The van der Waals surface area contributed by atoms with E-state index in [0.29, 0.717) is 23.4 Å². The summed E-state index contributed by atoms with van der Waals surface area (Å²) in [6, 6.07) is 21.5. The molecule has 28 heavy (non-hydrogen) atoms. The third-order valence-corrected chi connectivity index (χ3v) is 4.59. The second-order valence-electron chi connectivity index (χ2n) is 6.46. The average Bonchev–Trinajstić information content (AvgIpc) is 2.74. The van der Waals surface area contributed by atoms with Crippen LogP contribution in [0, 0.1) is 5.82 Å². The molecule has 0 bridgehead atoms. The van der Waals surface area contributed by atoms with Gasteiger partial charge in [-0.1, -0.05) is 30.3 Å². The molecule has 0 fully saturated rings. The molecule has 4 aromatic rings. The van der Waals surface area contributed by atoms with Crippen LogP contribution in [-0.4, -0.2) is 15.8 Å². The van der Waals surface area contributed by atoms with Crippen molar-refractivity contribution < 1.29 is 9.18 Å². The van der Waals surface area contributed by atoms with E-state index in [2.05, 4.69) is 15.3 Å². The van der Waals surface area contributed by atoms with Crippen molar-refractivity contribution in [1.82, 2.24) is 9.97 Å². The Morgan fingerprint density at radius 1 is 0.893 bits per heavy atom. The Kier molecular flexibility index (Phi) is 5.06. The normalized spacial score (nSPS) is 10.8. The molecule has 0 saturated heterocycles. The SMILES string of the molecule is O=C(CCc1ccccc1F)c1ccc(Nc2ncnc3ccccc23)cc1. The Balaban J connectivity index is 1.45. The third-order valence-electron chi connectivity index (χ3n) is 4.59. The molecule has 0 aliphatic rings.